The van der Waals surface area contributed by atoms with Gasteiger partial charge in [0.2, 0.25) is 0 Å². The molecule has 11 nitrogen and oxygen atoms in total. The fourth-order valence-electron chi connectivity index (χ4n) is 6.77. The van der Waals surface area contributed by atoms with Crippen LogP contribution in [-0.2, 0) is 35.0 Å². The van der Waals surface area contributed by atoms with E-state index in [1.165, 1.54) is 16.6 Å². The summed E-state index contributed by atoms with van der Waals surface area (Å²) in [6.07, 6.45) is 6.04. The fourth-order valence-corrected chi connectivity index (χ4v) is 6.77. The molecule has 0 aliphatic carbocycles. The minimum absolute atomic E-state index is 0.0142. The van der Waals surface area contributed by atoms with Gasteiger partial charge in [-0.2, -0.15) is 0 Å². The van der Waals surface area contributed by atoms with Gasteiger partial charge in [0.15, 0.2) is 6.04 Å². The average Bonchev–Trinajstić information content (AvgIpc) is 3.36. The normalized spacial score (nSPS) is 22.0. The third-order valence-corrected chi connectivity index (χ3v) is 8.71. The summed E-state index contributed by atoms with van der Waals surface area (Å²) in [5.41, 5.74) is 3.82. The molecular weight excluding hydrogens is 542 g/mol. The Morgan fingerprint density at radius 1 is 1.02 bits per heavy atom. The maximum atomic E-state index is 13.9. The minimum atomic E-state index is -1.20. The Bertz CT molecular complexity index is 1280. The summed E-state index contributed by atoms with van der Waals surface area (Å²) in [5, 5.41) is 22.6. The van der Waals surface area contributed by atoms with Gasteiger partial charge in [0, 0.05) is 23.0 Å². The number of ether oxygens (including phenoxy) is 4. The second kappa shape index (κ2) is 14.1. The van der Waals surface area contributed by atoms with Crippen LogP contribution in [0.3, 0.4) is 0 Å². The van der Waals surface area contributed by atoms with E-state index in [0.717, 1.165) is 44.3 Å². The van der Waals surface area contributed by atoms with Crippen molar-refractivity contribution in [3.05, 3.63) is 41.6 Å². The third kappa shape index (κ3) is 6.13. The Labute approximate surface area is 246 Å². The predicted octanol–water partition coefficient (Wildman–Crippen LogP) is 1.65. The average molecular weight is 586 g/mol. The first-order chi connectivity index (χ1) is 20.5. The van der Waals surface area contributed by atoms with Gasteiger partial charge in [0.05, 0.1) is 64.4 Å². The van der Waals surface area contributed by atoms with Gasteiger partial charge in [0.1, 0.15) is 12.3 Å². The molecule has 11 heteroatoms. The van der Waals surface area contributed by atoms with Crippen LogP contribution in [0.2, 0.25) is 0 Å². The van der Waals surface area contributed by atoms with Crippen molar-refractivity contribution in [1.82, 2.24) is 14.8 Å². The van der Waals surface area contributed by atoms with Crippen LogP contribution < -0.4 is 5.32 Å². The number of nitrogens with zero attached hydrogens (tertiary/aromatic N) is 2. The number of esters is 1. The Hall–Kier alpha value is -2.80. The predicted molar refractivity (Wildman–Crippen MR) is 156 cm³/mol. The molecular formula is C31H43N3O8. The van der Waals surface area contributed by atoms with Crippen LogP contribution in [0.5, 0.6) is 0 Å². The number of benzene rings is 1. The van der Waals surface area contributed by atoms with Crippen LogP contribution in [0, 0.1) is 5.41 Å². The zero-order valence-electron chi connectivity index (χ0n) is 24.4. The molecule has 5 rings (SSSR count). The molecule has 4 heterocycles. The number of rotatable bonds is 16. The highest BCUT2D eigenvalue weighted by Gasteiger charge is 2.51. The Balaban J connectivity index is 1.23. The first-order valence-corrected chi connectivity index (χ1v) is 15.1. The van der Waals surface area contributed by atoms with E-state index in [-0.39, 0.29) is 37.9 Å². The van der Waals surface area contributed by atoms with Gasteiger partial charge >= 0.3 is 5.97 Å². The minimum Gasteiger partial charge on any atom is -0.462 e. The van der Waals surface area contributed by atoms with Gasteiger partial charge in [0.25, 0.3) is 5.91 Å². The van der Waals surface area contributed by atoms with E-state index in [1.54, 1.807) is 0 Å². The van der Waals surface area contributed by atoms with E-state index < -0.39 is 24.5 Å². The van der Waals surface area contributed by atoms with Gasteiger partial charge in [-0.05, 0) is 49.9 Å². The third-order valence-electron chi connectivity index (χ3n) is 8.71. The van der Waals surface area contributed by atoms with Crippen molar-refractivity contribution >= 4 is 28.5 Å². The van der Waals surface area contributed by atoms with Gasteiger partial charge in [-0.25, -0.2) is 4.79 Å². The molecule has 1 fully saturated rings. The van der Waals surface area contributed by atoms with E-state index in [4.69, 9.17) is 24.1 Å². The van der Waals surface area contributed by atoms with Crippen molar-refractivity contribution in [2.24, 2.45) is 5.41 Å². The second-order valence-electron chi connectivity index (χ2n) is 11.1. The van der Waals surface area contributed by atoms with Crippen molar-refractivity contribution < 1.29 is 38.7 Å². The smallest absolute Gasteiger partial charge is 0.331 e. The number of piperidine rings is 1. The van der Waals surface area contributed by atoms with E-state index in [2.05, 4.69) is 39.9 Å². The molecule has 42 heavy (non-hydrogen) atoms. The highest BCUT2D eigenvalue weighted by molar-refractivity contribution is 6.17. The highest BCUT2D eigenvalue weighted by atomic mass is 16.6. The monoisotopic (exact) mass is 585 g/mol. The highest BCUT2D eigenvalue weighted by Crippen LogP contribution is 2.56. The molecule has 1 amide bonds. The fraction of sp³-hybridized carbons (Fsp3) is 0.613. The quantitative estimate of drug-likeness (QED) is 0.199. The molecule has 0 spiro atoms. The maximum Gasteiger partial charge on any atom is 0.331 e. The number of aromatic nitrogens is 1. The summed E-state index contributed by atoms with van der Waals surface area (Å²) < 4.78 is 23.3. The Morgan fingerprint density at radius 3 is 2.45 bits per heavy atom. The molecule has 230 valence electrons. The lowest BCUT2D eigenvalue weighted by Crippen LogP contribution is -2.52. The number of fused-ring (bicyclic) bond motifs is 3. The zero-order chi connectivity index (χ0) is 29.5. The molecule has 0 saturated carbocycles. The second-order valence-corrected chi connectivity index (χ2v) is 11.1. The standard InChI is InChI=1S/C31H43N3O8/c1-2-31-9-5-10-33-11-8-23-22-6-3-4-7-25(22)34(27(23)28(31)33)26(20-31)29(37)32-24(21-36)30(38)42-19-18-41-17-16-40-15-14-39-13-12-35/h3-4,6-7,20,24,28,35-36H,2,5,8-19,21H2,1H3,(H,32,37)/t24-,28+,31-/m0/s1. The van der Waals surface area contributed by atoms with Gasteiger partial charge < -0.3 is 39.0 Å². The van der Waals surface area contributed by atoms with Crippen molar-refractivity contribution in [3.8, 4) is 0 Å². The lowest BCUT2D eigenvalue weighted by atomic mass is 9.66. The first kappa shape index (κ1) is 30.7. The van der Waals surface area contributed by atoms with Crippen LogP contribution in [0.1, 0.15) is 43.5 Å². The molecule has 3 atom stereocenters. The van der Waals surface area contributed by atoms with E-state index >= 15 is 0 Å². The van der Waals surface area contributed by atoms with Crippen LogP contribution >= 0.6 is 0 Å². The molecule has 1 aromatic carbocycles. The molecule has 3 aliphatic rings. The number of hydrogen-bond donors (Lipinski definition) is 3. The summed E-state index contributed by atoms with van der Waals surface area (Å²) in [5.74, 6) is -1.12. The SMILES string of the molecule is CC[C@@]12C=C(C(=O)N[C@@H](CO)C(=O)OCCOCCOCCOCCO)n3c4c(c5ccccc53)CCN(CCC1)[C@H]42. The van der Waals surface area contributed by atoms with Gasteiger partial charge in [-0.3, -0.25) is 9.69 Å². The lowest BCUT2D eigenvalue weighted by Gasteiger charge is -2.53. The molecule has 3 aliphatic heterocycles. The van der Waals surface area contributed by atoms with Crippen molar-refractivity contribution in [2.45, 2.75) is 44.7 Å². The molecule has 2 aromatic rings. The molecule has 0 radical (unpaired) electrons. The summed E-state index contributed by atoms with van der Waals surface area (Å²) in [6.45, 7) is 5.55. The molecule has 0 unspecified atom stereocenters. The van der Waals surface area contributed by atoms with Crippen LogP contribution in [-0.4, -0.2) is 110 Å². The van der Waals surface area contributed by atoms with E-state index in [9.17, 15) is 14.7 Å². The van der Waals surface area contributed by atoms with Crippen molar-refractivity contribution in [1.29, 1.82) is 0 Å². The number of aliphatic hydroxyl groups excluding tert-OH is 2. The maximum absolute atomic E-state index is 13.9. The largest absolute Gasteiger partial charge is 0.462 e. The Morgan fingerprint density at radius 2 is 1.74 bits per heavy atom. The van der Waals surface area contributed by atoms with Crippen LogP contribution in [0.4, 0.5) is 0 Å². The van der Waals surface area contributed by atoms with Gasteiger partial charge in [-0.1, -0.05) is 25.1 Å². The number of para-hydroxylation sites is 1. The number of carbonyl (C=O) groups excluding carboxylic acids is 2. The molecule has 1 saturated heterocycles. The molecule has 0 bridgehead atoms. The summed E-state index contributed by atoms with van der Waals surface area (Å²) >= 11 is 0. The molecule has 1 aromatic heterocycles. The molecule has 3 N–H and O–H groups in total. The van der Waals surface area contributed by atoms with E-state index in [1.807, 2.05) is 12.1 Å². The number of amides is 1. The summed E-state index contributed by atoms with van der Waals surface area (Å²) in [6, 6.07) is 7.23. The number of nitrogens with one attached hydrogen (secondary N) is 1. The zero-order valence-corrected chi connectivity index (χ0v) is 24.4. The van der Waals surface area contributed by atoms with Gasteiger partial charge in [-0.15, -0.1) is 0 Å². The van der Waals surface area contributed by atoms with Crippen molar-refractivity contribution in [3.63, 3.8) is 0 Å². The lowest BCUT2D eigenvalue weighted by molar-refractivity contribution is -0.150. The van der Waals surface area contributed by atoms with E-state index in [0.29, 0.717) is 32.1 Å². The summed E-state index contributed by atoms with van der Waals surface area (Å²) in [4.78, 5) is 29.2. The van der Waals surface area contributed by atoms with Crippen molar-refractivity contribution in [2.75, 3.05) is 72.6 Å². The number of hydrogen-bond acceptors (Lipinski definition) is 9. The Kier molecular flexibility index (Phi) is 10.3. The first-order valence-electron chi connectivity index (χ1n) is 15.1. The van der Waals surface area contributed by atoms with Crippen LogP contribution in [0.25, 0.3) is 16.6 Å². The summed E-state index contributed by atoms with van der Waals surface area (Å²) in [7, 11) is 0. The topological polar surface area (TPSA) is 132 Å². The van der Waals surface area contributed by atoms with Crippen LogP contribution in [0.15, 0.2) is 30.3 Å². The number of carbonyl (C=O) groups is 2. The number of aliphatic hydroxyl groups is 2.